The van der Waals surface area contributed by atoms with E-state index in [9.17, 15) is 4.79 Å². The highest BCUT2D eigenvalue weighted by Gasteiger charge is 2.13. The van der Waals surface area contributed by atoms with E-state index in [4.69, 9.17) is 10.6 Å². The third-order valence-electron chi connectivity index (χ3n) is 3.89. The molecule has 4 N–H and O–H groups in total. The van der Waals surface area contributed by atoms with Gasteiger partial charge < -0.3 is 10.1 Å². The largest absolute Gasteiger partial charge is 0.484 e. The number of thiazole rings is 1. The summed E-state index contributed by atoms with van der Waals surface area (Å²) in [4.78, 5) is 16.4. The number of nitrogens with two attached hydrogens (primary N) is 1. The molecule has 0 radical (unpaired) electrons. The van der Waals surface area contributed by atoms with E-state index in [1.807, 2.05) is 36.4 Å². The molecule has 1 aromatic heterocycles. The predicted molar refractivity (Wildman–Crippen MR) is 107 cm³/mol. The van der Waals surface area contributed by atoms with Crippen molar-refractivity contribution >= 4 is 38.3 Å². The highest BCUT2D eigenvalue weighted by atomic mass is 32.1. The second-order valence-corrected chi connectivity index (χ2v) is 7.99. The number of carbonyl (C=O) groups is 1. The van der Waals surface area contributed by atoms with E-state index in [0.29, 0.717) is 16.6 Å². The summed E-state index contributed by atoms with van der Waals surface area (Å²) in [5.74, 6) is 5.83. The molecule has 0 saturated carbocycles. The van der Waals surface area contributed by atoms with Gasteiger partial charge in [0.25, 0.3) is 5.91 Å². The minimum atomic E-state index is -0.217. The quantitative estimate of drug-likeness (QED) is 0.468. The Morgan fingerprint density at radius 2 is 1.92 bits per heavy atom. The zero-order chi connectivity index (χ0) is 18.7. The van der Waals surface area contributed by atoms with Crippen LogP contribution in [-0.2, 0) is 10.2 Å². The summed E-state index contributed by atoms with van der Waals surface area (Å²) in [5, 5.41) is 3.46. The van der Waals surface area contributed by atoms with Crippen molar-refractivity contribution in [2.75, 3.05) is 17.3 Å². The maximum atomic E-state index is 12.1. The van der Waals surface area contributed by atoms with Gasteiger partial charge in [0.05, 0.1) is 10.2 Å². The first kappa shape index (κ1) is 18.2. The molecule has 1 amide bonds. The van der Waals surface area contributed by atoms with E-state index >= 15 is 0 Å². The van der Waals surface area contributed by atoms with Crippen LogP contribution in [0.3, 0.4) is 0 Å². The number of anilines is 2. The number of hydrazine groups is 1. The van der Waals surface area contributed by atoms with Crippen molar-refractivity contribution in [2.45, 2.75) is 26.2 Å². The van der Waals surface area contributed by atoms with Crippen LogP contribution in [0.15, 0.2) is 42.5 Å². The van der Waals surface area contributed by atoms with Gasteiger partial charge in [-0.3, -0.25) is 10.2 Å². The van der Waals surface area contributed by atoms with Crippen LogP contribution in [0.25, 0.3) is 10.2 Å². The Hall–Kier alpha value is -2.64. The number of nitrogen functional groups attached to an aromatic ring is 1. The van der Waals surface area contributed by atoms with Crippen LogP contribution in [0.2, 0.25) is 0 Å². The highest BCUT2D eigenvalue weighted by molar-refractivity contribution is 7.22. The van der Waals surface area contributed by atoms with E-state index < -0.39 is 0 Å². The lowest BCUT2D eigenvalue weighted by Crippen LogP contribution is -2.20. The number of fused-ring (bicyclic) bond motifs is 1. The van der Waals surface area contributed by atoms with Gasteiger partial charge >= 0.3 is 0 Å². The molecular weight excluding hydrogens is 348 g/mol. The summed E-state index contributed by atoms with van der Waals surface area (Å²) >= 11 is 1.42. The maximum Gasteiger partial charge on any atom is 0.262 e. The van der Waals surface area contributed by atoms with Gasteiger partial charge in [-0.05, 0) is 41.3 Å². The normalized spacial score (nSPS) is 11.4. The summed E-state index contributed by atoms with van der Waals surface area (Å²) < 4.78 is 6.51. The molecule has 7 heteroatoms. The third-order valence-corrected chi connectivity index (χ3v) is 4.84. The molecule has 0 saturated heterocycles. The van der Waals surface area contributed by atoms with Crippen molar-refractivity contribution in [3.63, 3.8) is 0 Å². The van der Waals surface area contributed by atoms with Crippen LogP contribution < -0.4 is 21.3 Å². The molecule has 1 heterocycles. The van der Waals surface area contributed by atoms with Gasteiger partial charge in [-0.2, -0.15) is 0 Å². The van der Waals surface area contributed by atoms with Crippen LogP contribution in [0.5, 0.6) is 5.75 Å². The molecule has 0 fully saturated rings. The number of hydrogen-bond acceptors (Lipinski definition) is 6. The zero-order valence-electron chi connectivity index (χ0n) is 15.0. The number of nitrogens with one attached hydrogen (secondary N) is 2. The first-order valence-corrected chi connectivity index (χ1v) is 9.07. The molecule has 26 heavy (non-hydrogen) atoms. The van der Waals surface area contributed by atoms with Crippen LogP contribution >= 0.6 is 11.3 Å². The Bertz CT molecular complexity index is 913. The molecule has 0 aliphatic heterocycles. The number of benzene rings is 2. The van der Waals surface area contributed by atoms with E-state index in [1.54, 1.807) is 6.07 Å². The average Bonchev–Trinajstić information content (AvgIpc) is 3.02. The summed E-state index contributed by atoms with van der Waals surface area (Å²) in [6, 6.07) is 13.3. The van der Waals surface area contributed by atoms with Crippen molar-refractivity contribution in [2.24, 2.45) is 5.84 Å². The number of hydrogen-bond donors (Lipinski definition) is 3. The van der Waals surface area contributed by atoms with Crippen molar-refractivity contribution in [1.29, 1.82) is 0 Å². The van der Waals surface area contributed by atoms with Crippen molar-refractivity contribution in [3.05, 3.63) is 48.0 Å². The van der Waals surface area contributed by atoms with Crippen LogP contribution in [0, 0.1) is 0 Å². The van der Waals surface area contributed by atoms with Gasteiger partial charge in [0.1, 0.15) is 5.75 Å². The number of nitrogens with zero attached hydrogens (tertiary/aromatic N) is 1. The minimum Gasteiger partial charge on any atom is -0.484 e. The number of carbonyl (C=O) groups excluding carboxylic acids is 1. The zero-order valence-corrected chi connectivity index (χ0v) is 15.8. The van der Waals surface area contributed by atoms with Crippen molar-refractivity contribution < 1.29 is 9.53 Å². The topological polar surface area (TPSA) is 89.3 Å². The van der Waals surface area contributed by atoms with Gasteiger partial charge in [-0.1, -0.05) is 44.2 Å². The molecule has 0 spiro atoms. The highest BCUT2D eigenvalue weighted by Crippen LogP contribution is 2.28. The first-order chi connectivity index (χ1) is 12.3. The maximum absolute atomic E-state index is 12.1. The predicted octanol–water partition coefficient (Wildman–Crippen LogP) is 3.90. The molecule has 0 aliphatic rings. The molecule has 3 rings (SSSR count). The van der Waals surface area contributed by atoms with Crippen molar-refractivity contribution in [3.8, 4) is 5.75 Å². The summed E-state index contributed by atoms with van der Waals surface area (Å²) in [6.07, 6.45) is 0. The van der Waals surface area contributed by atoms with Gasteiger partial charge in [-0.15, -0.1) is 0 Å². The molecule has 2 aromatic carbocycles. The number of rotatable bonds is 5. The molecule has 0 bridgehead atoms. The molecule has 0 unspecified atom stereocenters. The lowest BCUT2D eigenvalue weighted by atomic mass is 9.87. The summed E-state index contributed by atoms with van der Waals surface area (Å²) in [5.41, 5.74) is 5.36. The average molecular weight is 370 g/mol. The van der Waals surface area contributed by atoms with Crippen LogP contribution in [-0.4, -0.2) is 17.5 Å². The molecule has 136 valence electrons. The number of ether oxygens (including phenoxy) is 1. The second-order valence-electron chi connectivity index (χ2n) is 6.96. The van der Waals surface area contributed by atoms with E-state index in [0.717, 1.165) is 10.2 Å². The van der Waals surface area contributed by atoms with Gasteiger partial charge in [0.2, 0.25) is 0 Å². The molecule has 6 nitrogen and oxygen atoms in total. The van der Waals surface area contributed by atoms with Gasteiger partial charge in [-0.25, -0.2) is 10.8 Å². The summed E-state index contributed by atoms with van der Waals surface area (Å²) in [7, 11) is 0. The Morgan fingerprint density at radius 1 is 1.19 bits per heavy atom. The Morgan fingerprint density at radius 3 is 2.58 bits per heavy atom. The standard InChI is InChI=1S/C19H22N4O2S/c1-19(2,3)12-4-7-14(8-5-12)25-11-17(24)21-13-6-9-15-16(10-13)26-18(22-15)23-20/h4-10H,11,20H2,1-3H3,(H,21,24)(H,22,23). The van der Waals surface area contributed by atoms with Crippen LogP contribution in [0.4, 0.5) is 10.8 Å². The van der Waals surface area contributed by atoms with Crippen LogP contribution in [0.1, 0.15) is 26.3 Å². The fraction of sp³-hybridized carbons (Fsp3) is 0.263. The Kier molecular flexibility index (Phi) is 5.11. The fourth-order valence-corrected chi connectivity index (χ4v) is 3.28. The van der Waals surface area contributed by atoms with Gasteiger partial charge in [0, 0.05) is 5.69 Å². The molecular formula is C19H22N4O2S. The van der Waals surface area contributed by atoms with Gasteiger partial charge in [0.15, 0.2) is 11.7 Å². The lowest BCUT2D eigenvalue weighted by Gasteiger charge is -2.19. The first-order valence-electron chi connectivity index (χ1n) is 8.25. The minimum absolute atomic E-state index is 0.0504. The molecule has 3 aromatic rings. The molecule has 0 atom stereocenters. The molecule has 0 aliphatic carbocycles. The monoisotopic (exact) mass is 370 g/mol. The van der Waals surface area contributed by atoms with E-state index in [-0.39, 0.29) is 17.9 Å². The smallest absolute Gasteiger partial charge is 0.262 e. The SMILES string of the molecule is CC(C)(C)c1ccc(OCC(=O)Nc2ccc3nc(NN)sc3c2)cc1. The lowest BCUT2D eigenvalue weighted by molar-refractivity contribution is -0.118. The number of aromatic nitrogens is 1. The number of amides is 1. The Labute approximate surface area is 156 Å². The fourth-order valence-electron chi connectivity index (χ4n) is 2.46. The van der Waals surface area contributed by atoms with Crippen molar-refractivity contribution in [1.82, 2.24) is 4.98 Å². The summed E-state index contributed by atoms with van der Waals surface area (Å²) in [6.45, 7) is 6.42. The van der Waals surface area contributed by atoms with E-state index in [2.05, 4.69) is 36.5 Å². The second kappa shape index (κ2) is 7.31. The third kappa shape index (κ3) is 4.30. The van der Waals surface area contributed by atoms with E-state index in [1.165, 1.54) is 16.9 Å². The Balaban J connectivity index is 1.58.